The Labute approximate surface area is 277 Å². The van der Waals surface area contributed by atoms with Gasteiger partial charge in [-0.15, -0.1) is 11.8 Å². The van der Waals surface area contributed by atoms with Crippen LogP contribution in [-0.2, 0) is 14.4 Å². The molecule has 3 aromatic rings. The molecule has 2 heterocycles. The second kappa shape index (κ2) is 17.2. The van der Waals surface area contributed by atoms with E-state index in [1.54, 1.807) is 23.8 Å². The van der Waals surface area contributed by atoms with Crippen molar-refractivity contribution in [3.63, 3.8) is 0 Å². The lowest BCUT2D eigenvalue weighted by Gasteiger charge is -2.32. The molecule has 1 amide bonds. The van der Waals surface area contributed by atoms with Gasteiger partial charge in [-0.25, -0.2) is 9.59 Å². The number of ether oxygens (including phenoxy) is 5. The van der Waals surface area contributed by atoms with Gasteiger partial charge >= 0.3 is 11.9 Å². The molecule has 2 aliphatic heterocycles. The Bertz CT molecular complexity index is 1560. The van der Waals surface area contributed by atoms with Crippen LogP contribution in [0.5, 0.6) is 28.7 Å². The molecule has 0 radical (unpaired) electrons. The average Bonchev–Trinajstić information content (AvgIpc) is 3.54. The number of para-hydroxylation sites is 1. The minimum Gasteiger partial charge on any atom is -0.497 e. The number of thioether (sulfide) groups is 1. The molecule has 0 saturated heterocycles. The highest BCUT2D eigenvalue weighted by Gasteiger charge is 2.34. The molecule has 12 nitrogen and oxygen atoms in total. The predicted molar refractivity (Wildman–Crippen MR) is 176 cm³/mol. The average molecular weight is 667 g/mol. The maximum atomic E-state index is 13.3. The lowest BCUT2D eigenvalue weighted by atomic mass is 10.1. The molecule has 2 aliphatic rings. The lowest BCUT2D eigenvalue weighted by Crippen LogP contribution is -2.33. The number of hydrogen-bond donors (Lipinski definition) is 2. The fourth-order valence-electron chi connectivity index (χ4n) is 4.70. The molecule has 5 rings (SSSR count). The van der Waals surface area contributed by atoms with E-state index >= 15 is 0 Å². The summed E-state index contributed by atoms with van der Waals surface area (Å²) in [6, 6.07) is 19.3. The molecule has 250 valence electrons. The Balaban J connectivity index is 0.000000555. The van der Waals surface area contributed by atoms with Crippen LogP contribution in [0.2, 0.25) is 0 Å². The van der Waals surface area contributed by atoms with E-state index in [1.165, 1.54) is 0 Å². The number of unbranched alkanes of at least 4 members (excludes halogenated alkanes) is 1. The van der Waals surface area contributed by atoms with Gasteiger partial charge in [0.05, 0.1) is 19.4 Å². The van der Waals surface area contributed by atoms with Crippen molar-refractivity contribution in [2.24, 2.45) is 0 Å². The van der Waals surface area contributed by atoms with Crippen molar-refractivity contribution in [3.05, 3.63) is 78.4 Å². The van der Waals surface area contributed by atoms with E-state index in [4.69, 9.17) is 33.9 Å². The van der Waals surface area contributed by atoms with Gasteiger partial charge in [0.25, 0.3) is 0 Å². The van der Waals surface area contributed by atoms with Crippen LogP contribution in [0.1, 0.15) is 23.7 Å². The van der Waals surface area contributed by atoms with Gasteiger partial charge in [-0.1, -0.05) is 12.1 Å². The largest absolute Gasteiger partial charge is 0.497 e. The van der Waals surface area contributed by atoms with Crippen molar-refractivity contribution in [1.82, 2.24) is 4.90 Å². The zero-order chi connectivity index (χ0) is 33.8. The summed E-state index contributed by atoms with van der Waals surface area (Å²) >= 11 is 1.56. The number of aliphatic carboxylic acids is 2. The molecule has 47 heavy (non-hydrogen) atoms. The lowest BCUT2D eigenvalue weighted by molar-refractivity contribution is -0.134. The summed E-state index contributed by atoms with van der Waals surface area (Å²) in [6.45, 7) is 3.16. The van der Waals surface area contributed by atoms with Crippen LogP contribution < -0.4 is 28.6 Å². The number of benzene rings is 3. The number of methoxy groups -OCH3 is 1. The standard InChI is InChI=1S/C30H34N2O6S.C4H4O4/c1-31(15-17-35-22-11-13-26-27(19-22)38-20-37-26)14-6-7-16-36-25-12-10-21(34-3)18-23(25)29-30(33)32(2)24-8-4-5-9-28(24)39-29;5-3(6)1-2-4(7)8/h4-5,8-13,18-19,29H,6-7,14-17,20H2,1-3H3;1-2H,(H,5,6)(H,7,8)/b;2-1+. The molecule has 0 saturated carbocycles. The summed E-state index contributed by atoms with van der Waals surface area (Å²) in [5.74, 6) is 1.20. The Kier molecular flexibility index (Phi) is 12.8. The van der Waals surface area contributed by atoms with Crippen LogP contribution >= 0.6 is 11.8 Å². The van der Waals surface area contributed by atoms with Gasteiger partial charge in [-0.05, 0) is 68.9 Å². The number of fused-ring (bicyclic) bond motifs is 2. The number of amides is 1. The Morgan fingerprint density at radius 2 is 1.66 bits per heavy atom. The summed E-state index contributed by atoms with van der Waals surface area (Å²) in [7, 11) is 5.55. The molecular formula is C34H38N2O10S. The topological polar surface area (TPSA) is 144 Å². The van der Waals surface area contributed by atoms with Gasteiger partial charge in [-0.3, -0.25) is 4.79 Å². The molecule has 0 fully saturated rings. The second-order valence-electron chi connectivity index (χ2n) is 10.5. The fourth-order valence-corrected chi connectivity index (χ4v) is 6.01. The van der Waals surface area contributed by atoms with Crippen LogP contribution in [0.3, 0.4) is 0 Å². The van der Waals surface area contributed by atoms with E-state index in [0.717, 1.165) is 65.1 Å². The minimum absolute atomic E-state index is 0.0291. The highest BCUT2D eigenvalue weighted by molar-refractivity contribution is 8.00. The number of carboxylic acid groups (broad SMARTS) is 2. The van der Waals surface area contributed by atoms with Gasteiger partial charge in [0.15, 0.2) is 11.5 Å². The van der Waals surface area contributed by atoms with Gasteiger partial charge in [0, 0.05) is 42.3 Å². The highest BCUT2D eigenvalue weighted by Crippen LogP contribution is 2.48. The molecule has 1 unspecified atom stereocenters. The van der Waals surface area contributed by atoms with Crippen LogP contribution in [0.15, 0.2) is 77.7 Å². The number of hydrogen-bond acceptors (Lipinski definition) is 10. The summed E-state index contributed by atoms with van der Waals surface area (Å²) in [5, 5.41) is 15.2. The minimum atomic E-state index is -1.26. The van der Waals surface area contributed by atoms with E-state index in [9.17, 15) is 14.4 Å². The first kappa shape index (κ1) is 35.0. The number of carboxylic acids is 2. The van der Waals surface area contributed by atoms with Gasteiger partial charge in [0.2, 0.25) is 12.7 Å². The molecule has 2 N–H and O–H groups in total. The first-order chi connectivity index (χ1) is 22.7. The van der Waals surface area contributed by atoms with Crippen molar-refractivity contribution in [1.29, 1.82) is 0 Å². The van der Waals surface area contributed by atoms with Gasteiger partial charge in [0.1, 0.15) is 29.1 Å². The third kappa shape index (κ3) is 10.1. The number of likely N-dealkylation sites (N-methyl/N-ethyl adjacent to an activating group) is 2. The van der Waals surface area contributed by atoms with Crippen molar-refractivity contribution in [2.75, 3.05) is 59.2 Å². The molecule has 0 aromatic heterocycles. The van der Waals surface area contributed by atoms with Crippen LogP contribution in [0.25, 0.3) is 0 Å². The second-order valence-corrected chi connectivity index (χ2v) is 11.6. The number of carbonyl (C=O) groups is 3. The van der Waals surface area contributed by atoms with Crippen molar-refractivity contribution in [3.8, 4) is 28.7 Å². The molecule has 0 spiro atoms. The van der Waals surface area contributed by atoms with E-state index in [0.29, 0.717) is 31.1 Å². The highest BCUT2D eigenvalue weighted by atomic mass is 32.2. The summed E-state index contributed by atoms with van der Waals surface area (Å²) in [6.07, 6.45) is 3.00. The number of rotatable bonds is 14. The number of carbonyl (C=O) groups excluding carboxylic acids is 1. The maximum Gasteiger partial charge on any atom is 0.328 e. The van der Waals surface area contributed by atoms with Crippen molar-refractivity contribution < 1.29 is 48.3 Å². The Morgan fingerprint density at radius 3 is 2.40 bits per heavy atom. The fraction of sp³-hybridized carbons (Fsp3) is 0.324. The van der Waals surface area contributed by atoms with Crippen LogP contribution in [0.4, 0.5) is 5.69 Å². The van der Waals surface area contributed by atoms with Crippen LogP contribution in [-0.4, -0.2) is 87.3 Å². The molecule has 13 heteroatoms. The number of anilines is 1. The molecule has 3 aromatic carbocycles. The quantitative estimate of drug-likeness (QED) is 0.174. The Morgan fingerprint density at radius 1 is 0.936 bits per heavy atom. The van der Waals surface area contributed by atoms with Gasteiger partial charge < -0.3 is 43.7 Å². The summed E-state index contributed by atoms with van der Waals surface area (Å²) < 4.78 is 28.3. The monoisotopic (exact) mass is 666 g/mol. The summed E-state index contributed by atoms with van der Waals surface area (Å²) in [4.78, 5) is 37.5. The normalized spacial score (nSPS) is 14.8. The van der Waals surface area contributed by atoms with Crippen molar-refractivity contribution in [2.45, 2.75) is 23.0 Å². The predicted octanol–water partition coefficient (Wildman–Crippen LogP) is 5.12. The van der Waals surface area contributed by atoms with Crippen molar-refractivity contribution >= 4 is 35.3 Å². The first-order valence-corrected chi connectivity index (χ1v) is 15.7. The molecule has 0 aliphatic carbocycles. The molecular weight excluding hydrogens is 628 g/mol. The smallest absolute Gasteiger partial charge is 0.328 e. The van der Waals surface area contributed by atoms with E-state index in [-0.39, 0.29) is 12.7 Å². The molecule has 1 atom stereocenters. The van der Waals surface area contributed by atoms with E-state index in [2.05, 4.69) is 11.9 Å². The van der Waals surface area contributed by atoms with Crippen LogP contribution in [0, 0.1) is 0 Å². The summed E-state index contributed by atoms with van der Waals surface area (Å²) in [5.41, 5.74) is 1.77. The van der Waals surface area contributed by atoms with E-state index < -0.39 is 17.2 Å². The first-order valence-electron chi connectivity index (χ1n) is 14.8. The van der Waals surface area contributed by atoms with Gasteiger partial charge in [-0.2, -0.15) is 0 Å². The Hall–Kier alpha value is -4.88. The zero-order valence-electron chi connectivity index (χ0n) is 26.4. The third-order valence-electron chi connectivity index (χ3n) is 7.17. The SMILES string of the molecule is COc1ccc(OCCCCN(C)CCOc2ccc3c(c2)OCO3)c(C2Sc3ccccc3N(C)C2=O)c1.O=C(O)/C=C/C(=O)O. The maximum absolute atomic E-state index is 13.3. The number of nitrogens with zero attached hydrogens (tertiary/aromatic N) is 2. The molecule has 0 bridgehead atoms. The zero-order valence-corrected chi connectivity index (χ0v) is 27.2. The van der Waals surface area contributed by atoms with E-state index in [1.807, 2.05) is 67.7 Å². The third-order valence-corrected chi connectivity index (χ3v) is 8.46.